The smallest absolute Gasteiger partial charge is 0.303 e. The van der Waals surface area contributed by atoms with Gasteiger partial charge in [-0.3, -0.25) is 9.69 Å². The molecular formula is C15H20N2O2. The Kier molecular flexibility index (Phi) is 3.29. The van der Waals surface area contributed by atoms with Crippen LogP contribution in [0.3, 0.4) is 0 Å². The molecule has 1 heterocycles. The highest BCUT2D eigenvalue weighted by molar-refractivity contribution is 5.66. The molecule has 1 fully saturated rings. The van der Waals surface area contributed by atoms with Gasteiger partial charge in [-0.25, -0.2) is 0 Å². The molecule has 4 heteroatoms. The average molecular weight is 260 g/mol. The summed E-state index contributed by atoms with van der Waals surface area (Å²) >= 11 is 0. The molecule has 1 saturated carbocycles. The molecule has 0 amide bonds. The van der Waals surface area contributed by atoms with Gasteiger partial charge in [0.25, 0.3) is 0 Å². The van der Waals surface area contributed by atoms with Crippen molar-refractivity contribution in [3.63, 3.8) is 0 Å². The Balaban J connectivity index is 1.68. The number of benzene rings is 1. The SMILES string of the molecule is NC(CCC(=O)O)c1ccc2c(c1)CN(C1CC1)C2. The number of nitrogens with two attached hydrogens (primary N) is 1. The summed E-state index contributed by atoms with van der Waals surface area (Å²) in [5.41, 5.74) is 9.91. The minimum Gasteiger partial charge on any atom is -0.481 e. The van der Waals surface area contributed by atoms with E-state index in [1.807, 2.05) is 0 Å². The molecule has 0 aromatic heterocycles. The lowest BCUT2D eigenvalue weighted by Gasteiger charge is -2.12. The highest BCUT2D eigenvalue weighted by atomic mass is 16.4. The van der Waals surface area contributed by atoms with Crippen molar-refractivity contribution in [2.45, 2.75) is 50.9 Å². The van der Waals surface area contributed by atoms with Crippen molar-refractivity contribution in [1.82, 2.24) is 4.90 Å². The largest absolute Gasteiger partial charge is 0.481 e. The minimum atomic E-state index is -0.781. The number of hydrogen-bond acceptors (Lipinski definition) is 3. The van der Waals surface area contributed by atoms with Crippen LogP contribution in [0.15, 0.2) is 18.2 Å². The maximum atomic E-state index is 10.6. The molecule has 102 valence electrons. The number of carboxylic acids is 1. The third-order valence-electron chi connectivity index (χ3n) is 4.14. The van der Waals surface area contributed by atoms with Crippen LogP contribution in [-0.2, 0) is 17.9 Å². The third kappa shape index (κ3) is 2.80. The van der Waals surface area contributed by atoms with Gasteiger partial charge in [-0.1, -0.05) is 18.2 Å². The predicted octanol–water partition coefficient (Wildman–Crippen LogP) is 2.03. The van der Waals surface area contributed by atoms with Crippen LogP contribution in [0.2, 0.25) is 0 Å². The van der Waals surface area contributed by atoms with Crippen LogP contribution in [-0.4, -0.2) is 22.0 Å². The second-order valence-electron chi connectivity index (χ2n) is 5.70. The van der Waals surface area contributed by atoms with Crippen molar-refractivity contribution in [3.8, 4) is 0 Å². The Labute approximate surface area is 113 Å². The first kappa shape index (κ1) is 12.6. The van der Waals surface area contributed by atoms with Gasteiger partial charge in [0.15, 0.2) is 0 Å². The van der Waals surface area contributed by atoms with E-state index in [-0.39, 0.29) is 12.5 Å². The Hall–Kier alpha value is -1.39. The van der Waals surface area contributed by atoms with E-state index in [1.54, 1.807) is 0 Å². The van der Waals surface area contributed by atoms with Crippen molar-refractivity contribution >= 4 is 5.97 Å². The lowest BCUT2D eigenvalue weighted by Crippen LogP contribution is -2.18. The zero-order valence-corrected chi connectivity index (χ0v) is 11.0. The molecule has 0 spiro atoms. The van der Waals surface area contributed by atoms with Crippen LogP contribution in [0.5, 0.6) is 0 Å². The molecular weight excluding hydrogens is 240 g/mol. The van der Waals surface area contributed by atoms with Crippen LogP contribution in [0.1, 0.15) is 48.4 Å². The van der Waals surface area contributed by atoms with Crippen LogP contribution < -0.4 is 5.73 Å². The third-order valence-corrected chi connectivity index (χ3v) is 4.14. The number of fused-ring (bicyclic) bond motifs is 1. The Bertz CT molecular complexity index is 497. The minimum absolute atomic E-state index is 0.131. The molecule has 0 saturated heterocycles. The molecule has 4 nitrogen and oxygen atoms in total. The lowest BCUT2D eigenvalue weighted by atomic mass is 9.99. The van der Waals surface area contributed by atoms with Gasteiger partial charge in [-0.05, 0) is 36.0 Å². The number of hydrogen-bond donors (Lipinski definition) is 2. The van der Waals surface area contributed by atoms with E-state index >= 15 is 0 Å². The molecule has 1 aromatic carbocycles. The van der Waals surface area contributed by atoms with Crippen LogP contribution >= 0.6 is 0 Å². The molecule has 1 unspecified atom stereocenters. The first-order valence-corrected chi connectivity index (χ1v) is 6.96. The van der Waals surface area contributed by atoms with Crippen molar-refractivity contribution < 1.29 is 9.90 Å². The fourth-order valence-corrected chi connectivity index (χ4v) is 2.81. The molecule has 0 bridgehead atoms. The zero-order valence-electron chi connectivity index (χ0n) is 11.0. The Morgan fingerprint density at radius 2 is 2.11 bits per heavy atom. The predicted molar refractivity (Wildman–Crippen MR) is 72.5 cm³/mol. The number of carboxylic acid groups (broad SMARTS) is 1. The van der Waals surface area contributed by atoms with E-state index in [0.717, 1.165) is 24.7 Å². The fraction of sp³-hybridized carbons (Fsp3) is 0.533. The first-order valence-electron chi connectivity index (χ1n) is 6.96. The molecule has 19 heavy (non-hydrogen) atoms. The molecule has 1 aliphatic carbocycles. The molecule has 0 radical (unpaired) electrons. The summed E-state index contributed by atoms with van der Waals surface area (Å²) in [5.74, 6) is -0.781. The van der Waals surface area contributed by atoms with Gasteiger partial charge in [-0.2, -0.15) is 0 Å². The molecule has 1 aliphatic heterocycles. The summed E-state index contributed by atoms with van der Waals surface area (Å²) < 4.78 is 0. The number of nitrogens with zero attached hydrogens (tertiary/aromatic N) is 1. The van der Waals surface area contributed by atoms with Crippen molar-refractivity contribution in [2.24, 2.45) is 5.73 Å². The van der Waals surface area contributed by atoms with Gasteiger partial charge >= 0.3 is 5.97 Å². The number of rotatable bonds is 5. The summed E-state index contributed by atoms with van der Waals surface area (Å²) in [6, 6.07) is 7.01. The summed E-state index contributed by atoms with van der Waals surface area (Å²) in [5, 5.41) is 8.70. The van der Waals surface area contributed by atoms with Crippen molar-refractivity contribution in [2.75, 3.05) is 0 Å². The average Bonchev–Trinajstić information content (AvgIpc) is 3.15. The van der Waals surface area contributed by atoms with Gasteiger partial charge in [0.05, 0.1) is 0 Å². The molecule has 2 aliphatic rings. The van der Waals surface area contributed by atoms with Gasteiger partial charge in [0, 0.05) is 31.6 Å². The van der Waals surface area contributed by atoms with E-state index in [4.69, 9.17) is 10.8 Å². The quantitative estimate of drug-likeness (QED) is 0.850. The van der Waals surface area contributed by atoms with Crippen LogP contribution in [0.25, 0.3) is 0 Å². The van der Waals surface area contributed by atoms with Gasteiger partial charge in [-0.15, -0.1) is 0 Å². The monoisotopic (exact) mass is 260 g/mol. The molecule has 1 atom stereocenters. The normalized spacial score (nSPS) is 20.3. The highest BCUT2D eigenvalue weighted by Gasteiger charge is 2.32. The Morgan fingerprint density at radius 1 is 1.37 bits per heavy atom. The van der Waals surface area contributed by atoms with Gasteiger partial charge < -0.3 is 10.8 Å². The maximum absolute atomic E-state index is 10.6. The summed E-state index contributed by atoms with van der Waals surface area (Å²) in [6.45, 7) is 2.09. The van der Waals surface area contributed by atoms with E-state index in [9.17, 15) is 4.79 Å². The second kappa shape index (κ2) is 4.94. The zero-order chi connectivity index (χ0) is 13.4. The second-order valence-corrected chi connectivity index (χ2v) is 5.70. The summed E-state index contributed by atoms with van der Waals surface area (Å²) in [7, 11) is 0. The number of aliphatic carboxylic acids is 1. The van der Waals surface area contributed by atoms with Crippen LogP contribution in [0, 0.1) is 0 Å². The number of carbonyl (C=O) groups is 1. The molecule has 3 rings (SSSR count). The summed E-state index contributed by atoms with van der Waals surface area (Å²) in [6.07, 6.45) is 3.30. The molecule has 3 N–H and O–H groups in total. The van der Waals surface area contributed by atoms with Gasteiger partial charge in [0.2, 0.25) is 0 Å². The van der Waals surface area contributed by atoms with E-state index < -0.39 is 5.97 Å². The lowest BCUT2D eigenvalue weighted by molar-refractivity contribution is -0.137. The fourth-order valence-electron chi connectivity index (χ4n) is 2.81. The van der Waals surface area contributed by atoms with Gasteiger partial charge in [0.1, 0.15) is 0 Å². The topological polar surface area (TPSA) is 66.6 Å². The molecule has 1 aromatic rings. The Morgan fingerprint density at radius 3 is 2.79 bits per heavy atom. The van der Waals surface area contributed by atoms with E-state index in [0.29, 0.717) is 6.42 Å². The maximum Gasteiger partial charge on any atom is 0.303 e. The summed E-state index contributed by atoms with van der Waals surface area (Å²) in [4.78, 5) is 13.1. The highest BCUT2D eigenvalue weighted by Crippen LogP contribution is 2.35. The first-order chi connectivity index (χ1) is 9.13. The van der Waals surface area contributed by atoms with Crippen LogP contribution in [0.4, 0.5) is 0 Å². The van der Waals surface area contributed by atoms with E-state index in [2.05, 4.69) is 23.1 Å². The van der Waals surface area contributed by atoms with Crippen molar-refractivity contribution in [3.05, 3.63) is 34.9 Å². The van der Waals surface area contributed by atoms with Crippen molar-refractivity contribution in [1.29, 1.82) is 0 Å². The van der Waals surface area contributed by atoms with E-state index in [1.165, 1.54) is 24.0 Å². The standard InChI is InChI=1S/C15H20N2O2/c16-14(5-6-15(18)19)10-1-2-11-8-17(13-3-4-13)9-12(11)7-10/h1-2,7,13-14H,3-6,8-9,16H2,(H,18,19).